The van der Waals surface area contributed by atoms with Crippen LogP contribution in [0.25, 0.3) is 0 Å². The number of rotatable bonds is 2. The number of hydrogen-bond donors (Lipinski definition) is 1. The number of carbonyl (C=O) groups is 1. The van der Waals surface area contributed by atoms with Gasteiger partial charge in [-0.05, 0) is 38.6 Å². The van der Waals surface area contributed by atoms with Crippen LogP contribution in [0.2, 0.25) is 0 Å². The molecule has 98 valence electrons. The Balaban J connectivity index is 2.86. The van der Waals surface area contributed by atoms with Gasteiger partial charge in [0.25, 0.3) is 5.17 Å². The number of carbonyl (C=O) groups excluding carboxylic acids is 1. The Hall–Kier alpha value is -1.62. The zero-order valence-corrected chi connectivity index (χ0v) is 11.7. The van der Waals surface area contributed by atoms with Gasteiger partial charge >= 0.3 is 6.09 Å². The summed E-state index contributed by atoms with van der Waals surface area (Å²) < 4.78 is 4.81. The number of thiocarbonyl (C=S) groups is 1. The molecule has 1 rings (SSSR count). The lowest BCUT2D eigenvalue weighted by Gasteiger charge is -2.36. The van der Waals surface area contributed by atoms with E-state index in [9.17, 15) is 4.79 Å². The maximum atomic E-state index is 10.8. The van der Waals surface area contributed by atoms with Gasteiger partial charge in [0, 0.05) is 12.1 Å². The first-order valence-corrected chi connectivity index (χ1v) is 6.04. The minimum atomic E-state index is -0.887. The van der Waals surface area contributed by atoms with E-state index < -0.39 is 6.09 Å². The van der Waals surface area contributed by atoms with Crippen molar-refractivity contribution >= 4 is 23.5 Å². The SMILES string of the molecule is CC(C)(C)N(Cc1ccccc1)C(=S)OC(N)=O. The van der Waals surface area contributed by atoms with Crippen molar-refractivity contribution in [3.63, 3.8) is 0 Å². The molecule has 0 bridgehead atoms. The van der Waals surface area contributed by atoms with E-state index in [0.717, 1.165) is 5.56 Å². The first-order valence-electron chi connectivity index (χ1n) is 5.63. The zero-order valence-electron chi connectivity index (χ0n) is 10.8. The van der Waals surface area contributed by atoms with Gasteiger partial charge in [0.15, 0.2) is 0 Å². The normalized spacial score (nSPS) is 10.8. The predicted octanol–water partition coefficient (Wildman–Crippen LogP) is 2.67. The molecule has 0 heterocycles. The summed E-state index contributed by atoms with van der Waals surface area (Å²) in [5.41, 5.74) is 5.82. The van der Waals surface area contributed by atoms with Crippen LogP contribution in [-0.2, 0) is 11.3 Å². The second-order valence-electron chi connectivity index (χ2n) is 4.93. The Kier molecular flexibility index (Phi) is 4.67. The molecule has 5 heteroatoms. The van der Waals surface area contributed by atoms with Crippen LogP contribution < -0.4 is 5.73 Å². The largest absolute Gasteiger partial charge is 0.411 e. The lowest BCUT2D eigenvalue weighted by atomic mass is 10.1. The molecule has 0 fully saturated rings. The van der Waals surface area contributed by atoms with Crippen molar-refractivity contribution in [1.29, 1.82) is 0 Å². The summed E-state index contributed by atoms with van der Waals surface area (Å²) in [6.45, 7) is 6.54. The van der Waals surface area contributed by atoms with Crippen LogP contribution >= 0.6 is 12.2 Å². The summed E-state index contributed by atoms with van der Waals surface area (Å²) in [4.78, 5) is 12.6. The number of primary amides is 1. The summed E-state index contributed by atoms with van der Waals surface area (Å²) in [5.74, 6) is 0. The van der Waals surface area contributed by atoms with Crippen LogP contribution in [0.5, 0.6) is 0 Å². The molecule has 0 spiro atoms. The average molecular weight is 266 g/mol. The molecule has 0 atom stereocenters. The fraction of sp³-hybridized carbons (Fsp3) is 0.385. The monoisotopic (exact) mass is 266 g/mol. The summed E-state index contributed by atoms with van der Waals surface area (Å²) >= 11 is 5.10. The number of ether oxygens (including phenoxy) is 1. The van der Waals surface area contributed by atoms with Crippen molar-refractivity contribution in [3.8, 4) is 0 Å². The fourth-order valence-corrected chi connectivity index (χ4v) is 1.90. The van der Waals surface area contributed by atoms with Crippen molar-refractivity contribution < 1.29 is 9.53 Å². The van der Waals surface area contributed by atoms with E-state index in [4.69, 9.17) is 22.7 Å². The molecular weight excluding hydrogens is 248 g/mol. The third-order valence-corrected chi connectivity index (χ3v) is 2.71. The highest BCUT2D eigenvalue weighted by molar-refractivity contribution is 7.80. The minimum Gasteiger partial charge on any atom is -0.383 e. The van der Waals surface area contributed by atoms with E-state index in [2.05, 4.69) is 0 Å². The fourth-order valence-electron chi connectivity index (χ4n) is 1.48. The van der Waals surface area contributed by atoms with Gasteiger partial charge in [-0.3, -0.25) is 0 Å². The highest BCUT2D eigenvalue weighted by atomic mass is 32.1. The van der Waals surface area contributed by atoms with E-state index in [1.54, 1.807) is 0 Å². The van der Waals surface area contributed by atoms with Gasteiger partial charge in [0.2, 0.25) is 0 Å². The highest BCUT2D eigenvalue weighted by Gasteiger charge is 2.26. The first kappa shape index (κ1) is 14.4. The summed E-state index contributed by atoms with van der Waals surface area (Å²) in [6, 6.07) is 9.84. The van der Waals surface area contributed by atoms with Gasteiger partial charge in [0.05, 0.1) is 0 Å². The number of benzene rings is 1. The third-order valence-electron chi connectivity index (χ3n) is 2.40. The van der Waals surface area contributed by atoms with Gasteiger partial charge in [-0.15, -0.1) is 0 Å². The van der Waals surface area contributed by atoms with E-state index >= 15 is 0 Å². The van der Waals surface area contributed by atoms with Crippen molar-refractivity contribution in [3.05, 3.63) is 35.9 Å². The Morgan fingerprint density at radius 2 is 1.89 bits per heavy atom. The molecule has 0 aromatic heterocycles. The molecular formula is C13H18N2O2S. The quantitative estimate of drug-likeness (QED) is 0.836. The second-order valence-corrected chi connectivity index (χ2v) is 5.28. The van der Waals surface area contributed by atoms with Crippen molar-refractivity contribution in [1.82, 2.24) is 4.90 Å². The molecule has 0 aliphatic carbocycles. The minimum absolute atomic E-state index is 0.0962. The Morgan fingerprint density at radius 1 is 1.33 bits per heavy atom. The van der Waals surface area contributed by atoms with Crippen LogP contribution in [0.4, 0.5) is 4.79 Å². The topological polar surface area (TPSA) is 55.6 Å². The van der Waals surface area contributed by atoms with Gasteiger partial charge in [-0.25, -0.2) is 4.79 Å². The standard InChI is InChI=1S/C13H18N2O2S/c1-13(2,3)15(12(18)17-11(14)16)9-10-7-5-4-6-8-10/h4-8H,9H2,1-3H3,(H2,14,16). The Labute approximate surface area is 113 Å². The maximum absolute atomic E-state index is 10.8. The Bertz CT molecular complexity index is 426. The van der Waals surface area contributed by atoms with Gasteiger partial charge in [-0.1, -0.05) is 30.3 Å². The number of nitrogens with zero attached hydrogens (tertiary/aromatic N) is 1. The van der Waals surface area contributed by atoms with Crippen LogP contribution in [-0.4, -0.2) is 21.7 Å². The maximum Gasteiger partial charge on any atom is 0.411 e. The van der Waals surface area contributed by atoms with Crippen molar-refractivity contribution in [2.45, 2.75) is 32.9 Å². The smallest absolute Gasteiger partial charge is 0.383 e. The molecule has 4 nitrogen and oxygen atoms in total. The summed E-state index contributed by atoms with van der Waals surface area (Å²) in [6.07, 6.45) is -0.887. The molecule has 0 saturated heterocycles. The molecule has 18 heavy (non-hydrogen) atoms. The van der Waals surface area contributed by atoms with Crippen LogP contribution in [0.15, 0.2) is 30.3 Å². The molecule has 0 saturated carbocycles. The average Bonchev–Trinajstić information content (AvgIpc) is 2.24. The lowest BCUT2D eigenvalue weighted by molar-refractivity contribution is 0.166. The number of amides is 1. The van der Waals surface area contributed by atoms with Crippen LogP contribution in [0.1, 0.15) is 26.3 Å². The lowest BCUT2D eigenvalue weighted by Crippen LogP contribution is -2.46. The van der Waals surface area contributed by atoms with Crippen LogP contribution in [0, 0.1) is 0 Å². The molecule has 1 aromatic rings. The second kappa shape index (κ2) is 5.82. The van der Waals surface area contributed by atoms with Crippen molar-refractivity contribution in [2.24, 2.45) is 5.73 Å². The number of hydrogen-bond acceptors (Lipinski definition) is 3. The highest BCUT2D eigenvalue weighted by Crippen LogP contribution is 2.18. The molecule has 2 N–H and O–H groups in total. The molecule has 1 amide bonds. The molecule has 0 aliphatic rings. The molecule has 0 unspecified atom stereocenters. The zero-order chi connectivity index (χ0) is 13.8. The molecule has 0 aliphatic heterocycles. The van der Waals surface area contributed by atoms with Gasteiger partial charge in [-0.2, -0.15) is 0 Å². The van der Waals surface area contributed by atoms with Gasteiger partial charge in [0.1, 0.15) is 0 Å². The van der Waals surface area contributed by atoms with E-state index in [-0.39, 0.29) is 10.7 Å². The summed E-state index contributed by atoms with van der Waals surface area (Å²) in [5, 5.41) is 0.0962. The van der Waals surface area contributed by atoms with E-state index in [1.165, 1.54) is 0 Å². The van der Waals surface area contributed by atoms with Crippen LogP contribution in [0.3, 0.4) is 0 Å². The van der Waals surface area contributed by atoms with Gasteiger partial charge < -0.3 is 15.4 Å². The number of nitrogens with two attached hydrogens (primary N) is 1. The van der Waals surface area contributed by atoms with E-state index in [0.29, 0.717) is 6.54 Å². The molecule has 1 aromatic carbocycles. The Morgan fingerprint density at radius 3 is 2.33 bits per heavy atom. The third kappa shape index (κ3) is 4.33. The van der Waals surface area contributed by atoms with E-state index in [1.807, 2.05) is 56.0 Å². The first-order chi connectivity index (χ1) is 8.30. The predicted molar refractivity (Wildman–Crippen MR) is 75.0 cm³/mol. The van der Waals surface area contributed by atoms with Crippen molar-refractivity contribution in [2.75, 3.05) is 0 Å². The summed E-state index contributed by atoms with van der Waals surface area (Å²) in [7, 11) is 0. The molecule has 0 radical (unpaired) electrons.